The number of hydrogen-bond donors (Lipinski definition) is 1. The molecule has 0 aromatic carbocycles. The van der Waals surface area contributed by atoms with Crippen molar-refractivity contribution >= 4 is 5.91 Å². The van der Waals surface area contributed by atoms with E-state index < -0.39 is 23.2 Å². The zero-order valence-electron chi connectivity index (χ0n) is 11.8. The van der Waals surface area contributed by atoms with Crippen molar-refractivity contribution in [1.29, 1.82) is 0 Å². The smallest absolute Gasteiger partial charge is 0.352 e. The number of hydrogen-bond acceptors (Lipinski definition) is 3. The number of carbonyl (C=O) groups is 1. The second kappa shape index (κ2) is 6.55. The first kappa shape index (κ1) is 15.9. The van der Waals surface area contributed by atoms with Gasteiger partial charge in [0.15, 0.2) is 0 Å². The van der Waals surface area contributed by atoms with Crippen LogP contribution in [0.15, 0.2) is 36.9 Å². The zero-order chi connectivity index (χ0) is 16.2. The Morgan fingerprint density at radius 2 is 1.86 bits per heavy atom. The van der Waals surface area contributed by atoms with Crippen LogP contribution < -0.4 is 5.32 Å². The first-order chi connectivity index (χ1) is 10.4. The highest BCUT2D eigenvalue weighted by molar-refractivity contribution is 5.95. The van der Waals surface area contributed by atoms with Crippen molar-refractivity contribution in [2.24, 2.45) is 0 Å². The minimum absolute atomic E-state index is 0.232. The number of aryl methyl sites for hydroxylation is 1. The van der Waals surface area contributed by atoms with E-state index in [1.54, 1.807) is 12.4 Å². The highest BCUT2D eigenvalue weighted by atomic mass is 19.4. The maximum Gasteiger partial charge on any atom is 0.417 e. The van der Waals surface area contributed by atoms with E-state index in [4.69, 9.17) is 0 Å². The maximum atomic E-state index is 12.8. The average Bonchev–Trinajstić information content (AvgIpc) is 2.48. The van der Waals surface area contributed by atoms with Gasteiger partial charge in [0, 0.05) is 31.3 Å². The highest BCUT2D eigenvalue weighted by Gasteiger charge is 2.35. The molecule has 0 spiro atoms. The van der Waals surface area contributed by atoms with E-state index >= 15 is 0 Å². The summed E-state index contributed by atoms with van der Waals surface area (Å²) in [5.74, 6) is -0.785. The Morgan fingerprint density at radius 3 is 2.55 bits per heavy atom. The monoisotopic (exact) mass is 309 g/mol. The summed E-state index contributed by atoms with van der Waals surface area (Å²) < 4.78 is 38.5. The summed E-state index contributed by atoms with van der Waals surface area (Å²) >= 11 is 0. The lowest BCUT2D eigenvalue weighted by Crippen LogP contribution is -2.28. The first-order valence-corrected chi connectivity index (χ1v) is 6.58. The van der Waals surface area contributed by atoms with Crippen LogP contribution in [0.3, 0.4) is 0 Å². The maximum absolute atomic E-state index is 12.8. The van der Waals surface area contributed by atoms with Crippen LogP contribution in [0.25, 0.3) is 0 Å². The number of amides is 1. The Morgan fingerprint density at radius 1 is 1.18 bits per heavy atom. The van der Waals surface area contributed by atoms with Crippen LogP contribution in [0.1, 0.15) is 27.0 Å². The minimum atomic E-state index is -4.59. The van der Waals surface area contributed by atoms with Gasteiger partial charge in [-0.15, -0.1) is 0 Å². The molecule has 0 radical (unpaired) electrons. The largest absolute Gasteiger partial charge is 0.417 e. The quantitative estimate of drug-likeness (QED) is 0.945. The molecule has 4 nitrogen and oxygen atoms in total. The molecular formula is C15H14F3N3O. The number of rotatable bonds is 4. The normalized spacial score (nSPS) is 11.3. The molecule has 2 aromatic heterocycles. The standard InChI is InChI=1S/C15H14F3N3O/c1-10-8-19-5-2-11(10)3-7-21-14(22)12-9-20-6-4-13(12)15(16,17)18/h2,4-6,8-9H,3,7H2,1H3,(H,21,22). The Balaban J connectivity index is 2.03. The molecule has 0 aliphatic carbocycles. The van der Waals surface area contributed by atoms with E-state index in [1.807, 2.05) is 13.0 Å². The number of carbonyl (C=O) groups excluding carboxylic acids is 1. The lowest BCUT2D eigenvalue weighted by molar-refractivity contribution is -0.138. The summed E-state index contributed by atoms with van der Waals surface area (Å²) in [7, 11) is 0. The fourth-order valence-corrected chi connectivity index (χ4v) is 2.01. The van der Waals surface area contributed by atoms with Crippen LogP contribution in [0.5, 0.6) is 0 Å². The third-order valence-corrected chi connectivity index (χ3v) is 3.19. The fraction of sp³-hybridized carbons (Fsp3) is 0.267. The van der Waals surface area contributed by atoms with Crippen molar-refractivity contribution in [2.75, 3.05) is 6.54 Å². The van der Waals surface area contributed by atoms with Crippen molar-refractivity contribution in [3.05, 3.63) is 59.2 Å². The molecule has 2 rings (SSSR count). The van der Waals surface area contributed by atoms with Gasteiger partial charge in [-0.2, -0.15) is 13.2 Å². The lowest BCUT2D eigenvalue weighted by Gasteiger charge is -2.12. The molecule has 0 aliphatic heterocycles. The van der Waals surface area contributed by atoms with Crippen LogP contribution in [-0.4, -0.2) is 22.4 Å². The number of nitrogens with zero attached hydrogens (tertiary/aromatic N) is 2. The van der Waals surface area contributed by atoms with Crippen LogP contribution in [0.2, 0.25) is 0 Å². The molecule has 0 saturated carbocycles. The van der Waals surface area contributed by atoms with Crippen molar-refractivity contribution < 1.29 is 18.0 Å². The van der Waals surface area contributed by atoms with Gasteiger partial charge in [0.2, 0.25) is 0 Å². The second-order valence-electron chi connectivity index (χ2n) is 4.73. The topological polar surface area (TPSA) is 54.9 Å². The van der Waals surface area contributed by atoms with Crippen LogP contribution in [-0.2, 0) is 12.6 Å². The SMILES string of the molecule is Cc1cnccc1CCNC(=O)c1cnccc1C(F)(F)F. The molecule has 0 bridgehead atoms. The summed E-state index contributed by atoms with van der Waals surface area (Å²) in [4.78, 5) is 19.5. The van der Waals surface area contributed by atoms with Crippen LogP contribution in [0, 0.1) is 6.92 Å². The van der Waals surface area contributed by atoms with E-state index in [2.05, 4.69) is 15.3 Å². The van der Waals surface area contributed by atoms with Gasteiger partial charge < -0.3 is 5.32 Å². The predicted octanol–water partition coefficient (Wildman–Crippen LogP) is 2.78. The second-order valence-corrected chi connectivity index (χ2v) is 4.73. The third-order valence-electron chi connectivity index (χ3n) is 3.19. The van der Waals surface area contributed by atoms with Crippen molar-refractivity contribution in [3.63, 3.8) is 0 Å². The van der Waals surface area contributed by atoms with Crippen LogP contribution in [0.4, 0.5) is 13.2 Å². The van der Waals surface area contributed by atoms with Crippen molar-refractivity contribution in [2.45, 2.75) is 19.5 Å². The van der Waals surface area contributed by atoms with Gasteiger partial charge in [-0.25, -0.2) is 0 Å². The number of halogens is 3. The zero-order valence-corrected chi connectivity index (χ0v) is 11.8. The predicted molar refractivity (Wildman–Crippen MR) is 74.3 cm³/mol. The third kappa shape index (κ3) is 3.81. The van der Waals surface area contributed by atoms with E-state index in [-0.39, 0.29) is 6.54 Å². The van der Waals surface area contributed by atoms with Gasteiger partial charge in [-0.3, -0.25) is 14.8 Å². The molecule has 0 fully saturated rings. The molecule has 116 valence electrons. The van der Waals surface area contributed by atoms with Gasteiger partial charge in [-0.05, 0) is 36.6 Å². The van der Waals surface area contributed by atoms with Crippen LogP contribution >= 0.6 is 0 Å². The Labute approximate surface area is 125 Å². The average molecular weight is 309 g/mol. The molecule has 7 heteroatoms. The highest BCUT2D eigenvalue weighted by Crippen LogP contribution is 2.31. The number of nitrogens with one attached hydrogen (secondary N) is 1. The van der Waals surface area contributed by atoms with Gasteiger partial charge in [0.1, 0.15) is 0 Å². The van der Waals surface area contributed by atoms with E-state index in [9.17, 15) is 18.0 Å². The molecule has 0 atom stereocenters. The molecule has 22 heavy (non-hydrogen) atoms. The van der Waals surface area contributed by atoms with Crippen molar-refractivity contribution in [1.82, 2.24) is 15.3 Å². The van der Waals surface area contributed by atoms with Gasteiger partial charge in [0.05, 0.1) is 11.1 Å². The molecule has 2 heterocycles. The Bertz CT molecular complexity index is 671. The summed E-state index contributed by atoms with van der Waals surface area (Å²) in [5, 5.41) is 2.49. The summed E-state index contributed by atoms with van der Waals surface area (Å²) in [6.07, 6.45) is 1.20. The van der Waals surface area contributed by atoms with Crippen molar-refractivity contribution in [3.8, 4) is 0 Å². The summed E-state index contributed by atoms with van der Waals surface area (Å²) in [6.45, 7) is 2.11. The number of aromatic nitrogens is 2. The molecule has 2 aromatic rings. The summed E-state index contributed by atoms with van der Waals surface area (Å²) in [5.41, 5.74) is 0.494. The number of pyridine rings is 2. The first-order valence-electron chi connectivity index (χ1n) is 6.58. The lowest BCUT2D eigenvalue weighted by atomic mass is 10.1. The van der Waals surface area contributed by atoms with Gasteiger partial charge >= 0.3 is 6.18 Å². The fourth-order valence-electron chi connectivity index (χ4n) is 2.01. The Hall–Kier alpha value is -2.44. The summed E-state index contributed by atoms with van der Waals surface area (Å²) in [6, 6.07) is 2.61. The van der Waals surface area contributed by atoms with Gasteiger partial charge in [-0.1, -0.05) is 0 Å². The molecular weight excluding hydrogens is 295 g/mol. The molecule has 0 unspecified atom stereocenters. The molecule has 0 aliphatic rings. The molecule has 1 N–H and O–H groups in total. The van der Waals surface area contributed by atoms with E-state index in [0.29, 0.717) is 6.42 Å². The Kier molecular flexibility index (Phi) is 4.75. The number of alkyl halides is 3. The minimum Gasteiger partial charge on any atom is -0.352 e. The van der Waals surface area contributed by atoms with Gasteiger partial charge in [0.25, 0.3) is 5.91 Å². The molecule has 0 saturated heterocycles. The van der Waals surface area contributed by atoms with E-state index in [1.165, 1.54) is 0 Å². The molecule has 1 amide bonds. The van der Waals surface area contributed by atoms with E-state index in [0.717, 1.165) is 29.6 Å².